The minimum atomic E-state index is -3.22. The number of amides is 3. The van der Waals surface area contributed by atoms with Crippen molar-refractivity contribution in [2.45, 2.75) is 43.7 Å². The second-order valence-corrected chi connectivity index (χ2v) is 11.4. The average Bonchev–Trinajstić information content (AvgIpc) is 3.66. The smallest absolute Gasteiger partial charge is 0.268 e. The van der Waals surface area contributed by atoms with Gasteiger partial charge in [0.25, 0.3) is 17.4 Å². The molecular weight excluding hydrogens is 596 g/mol. The van der Waals surface area contributed by atoms with Crippen LogP contribution >= 0.6 is 0 Å². The van der Waals surface area contributed by atoms with Gasteiger partial charge in [-0.15, -0.1) is 0 Å². The molecule has 2 aromatic carbocycles. The Morgan fingerprint density at radius 3 is 2.54 bits per heavy atom. The maximum absolute atomic E-state index is 14.2. The number of carbonyl (C=O) groups is 3. The minimum Gasteiger partial charge on any atom is -0.343 e. The van der Waals surface area contributed by atoms with Gasteiger partial charge in [-0.2, -0.15) is 10.5 Å². The van der Waals surface area contributed by atoms with Gasteiger partial charge in [0.2, 0.25) is 11.8 Å². The molecule has 2 aliphatic heterocycles. The molecule has 2 aliphatic rings. The summed E-state index contributed by atoms with van der Waals surface area (Å²) >= 11 is 0. The van der Waals surface area contributed by atoms with Gasteiger partial charge in [-0.3, -0.25) is 19.2 Å². The summed E-state index contributed by atoms with van der Waals surface area (Å²) in [6, 6.07) is 17.0. The number of pyridine rings is 2. The van der Waals surface area contributed by atoms with Gasteiger partial charge in [-0.25, -0.2) is 13.8 Å². The van der Waals surface area contributed by atoms with Crippen LogP contribution in [0.3, 0.4) is 0 Å². The van der Waals surface area contributed by atoms with Crippen LogP contribution in [0.4, 0.5) is 8.78 Å². The van der Waals surface area contributed by atoms with Gasteiger partial charge in [-0.05, 0) is 36.6 Å². The van der Waals surface area contributed by atoms with Gasteiger partial charge >= 0.3 is 0 Å². The molecule has 3 amide bonds. The molecule has 0 saturated carbocycles. The molecule has 0 bridgehead atoms. The van der Waals surface area contributed by atoms with Gasteiger partial charge in [-0.1, -0.05) is 36.4 Å². The molecule has 6 rings (SSSR count). The Morgan fingerprint density at radius 2 is 1.76 bits per heavy atom. The predicted octanol–water partition coefficient (Wildman–Crippen LogP) is 3.29. The van der Waals surface area contributed by atoms with E-state index in [4.69, 9.17) is 0 Å². The Morgan fingerprint density at radius 1 is 1.02 bits per heavy atom. The van der Waals surface area contributed by atoms with E-state index in [-0.39, 0.29) is 22.4 Å². The second-order valence-electron chi connectivity index (χ2n) is 11.4. The van der Waals surface area contributed by atoms with E-state index in [1.807, 2.05) is 0 Å². The highest BCUT2D eigenvalue weighted by Gasteiger charge is 2.47. The molecule has 0 spiro atoms. The molecule has 2 aromatic heterocycles. The van der Waals surface area contributed by atoms with E-state index < -0.39 is 67.2 Å². The molecule has 2 N–H and O–H groups in total. The molecule has 46 heavy (non-hydrogen) atoms. The highest BCUT2D eigenvalue weighted by Crippen LogP contribution is 2.34. The van der Waals surface area contributed by atoms with E-state index in [0.717, 1.165) is 4.90 Å². The number of alkyl halides is 2. The zero-order chi connectivity index (χ0) is 32.6. The van der Waals surface area contributed by atoms with Crippen LogP contribution in [0.5, 0.6) is 0 Å². The predicted molar refractivity (Wildman–Crippen MR) is 162 cm³/mol. The van der Waals surface area contributed by atoms with Gasteiger partial charge < -0.3 is 20.1 Å². The van der Waals surface area contributed by atoms with E-state index in [1.165, 1.54) is 4.90 Å². The first-order chi connectivity index (χ1) is 22.1. The van der Waals surface area contributed by atoms with E-state index in [9.17, 15) is 38.5 Å². The molecule has 2 atom stereocenters. The zero-order valence-corrected chi connectivity index (χ0v) is 24.4. The number of benzene rings is 2. The molecule has 232 valence electrons. The lowest BCUT2D eigenvalue weighted by atomic mass is 9.95. The van der Waals surface area contributed by atoms with Crippen LogP contribution in [0.15, 0.2) is 59.4 Å². The SMILES string of the molecule is N#CC1CCCN1C(=O)CNC(=O)c1c(-c2nc3ccccc3cc2CC(=O)N2CC(F)(F)C[C@H]2C#N)c(=O)[nH]c2ccccc12. The standard InChI is InChI=1S/C33H27F2N7O4/c34-33(35)14-22(16-37)42(18-33)26(43)13-20-12-19-6-1-3-9-24(19)39-30(20)29-28(23-8-2-4-10-25(23)40-32(29)46)31(45)38-17-27(44)41-11-5-7-21(41)15-36/h1-4,6,8-10,12,21-22H,5,7,11,13-14,17-18H2,(H,38,45)(H,40,46)/t21?,22-/m0/s1. The van der Waals surface area contributed by atoms with E-state index in [2.05, 4.69) is 21.4 Å². The van der Waals surface area contributed by atoms with Gasteiger partial charge in [0.1, 0.15) is 12.1 Å². The van der Waals surface area contributed by atoms with Crippen molar-refractivity contribution in [3.05, 3.63) is 76.1 Å². The highest BCUT2D eigenvalue weighted by molar-refractivity contribution is 6.12. The van der Waals surface area contributed by atoms with Crippen LogP contribution in [-0.4, -0.2) is 75.1 Å². The summed E-state index contributed by atoms with van der Waals surface area (Å²) in [5.41, 5.74) is 0.00241. The highest BCUT2D eigenvalue weighted by atomic mass is 19.3. The first-order valence-corrected chi connectivity index (χ1v) is 14.7. The average molecular weight is 624 g/mol. The number of halogens is 2. The normalized spacial score (nSPS) is 18.8. The molecule has 4 aromatic rings. The number of aromatic nitrogens is 2. The molecule has 2 fully saturated rings. The number of nitriles is 2. The number of fused-ring (bicyclic) bond motifs is 2. The van der Waals surface area contributed by atoms with Gasteiger partial charge in [0.05, 0.1) is 54.0 Å². The van der Waals surface area contributed by atoms with Crippen molar-refractivity contribution >= 4 is 39.5 Å². The fourth-order valence-corrected chi connectivity index (χ4v) is 6.22. The van der Waals surface area contributed by atoms with Crippen LogP contribution in [-0.2, 0) is 16.0 Å². The maximum Gasteiger partial charge on any atom is 0.268 e. The van der Waals surface area contributed by atoms with Gasteiger partial charge in [0, 0.05) is 29.3 Å². The van der Waals surface area contributed by atoms with Crippen LogP contribution in [0.25, 0.3) is 33.1 Å². The van der Waals surface area contributed by atoms with E-state index >= 15 is 0 Å². The number of nitrogens with one attached hydrogen (secondary N) is 2. The van der Waals surface area contributed by atoms with Crippen molar-refractivity contribution in [3.8, 4) is 23.4 Å². The van der Waals surface area contributed by atoms with Crippen molar-refractivity contribution in [3.63, 3.8) is 0 Å². The number of hydrogen-bond donors (Lipinski definition) is 2. The summed E-state index contributed by atoms with van der Waals surface area (Å²) in [5.74, 6) is -5.18. The molecular formula is C33H27F2N7O4. The van der Waals surface area contributed by atoms with Gasteiger partial charge in [0.15, 0.2) is 0 Å². The third kappa shape index (κ3) is 5.63. The van der Waals surface area contributed by atoms with Crippen LogP contribution < -0.4 is 10.9 Å². The minimum absolute atomic E-state index is 0.0147. The number of hydrogen-bond acceptors (Lipinski definition) is 7. The first-order valence-electron chi connectivity index (χ1n) is 14.7. The fourth-order valence-electron chi connectivity index (χ4n) is 6.22. The van der Waals surface area contributed by atoms with Crippen LogP contribution in [0.1, 0.15) is 35.2 Å². The molecule has 11 nitrogen and oxygen atoms in total. The number of aromatic amines is 1. The number of carbonyl (C=O) groups excluding carboxylic acids is 3. The van der Waals surface area contributed by atoms with Crippen LogP contribution in [0, 0.1) is 22.7 Å². The fraction of sp³-hybridized carbons (Fsp3) is 0.303. The van der Waals surface area contributed by atoms with E-state index in [0.29, 0.717) is 41.2 Å². The van der Waals surface area contributed by atoms with E-state index in [1.54, 1.807) is 60.7 Å². The van der Waals surface area contributed by atoms with Crippen molar-refractivity contribution in [2.75, 3.05) is 19.6 Å². The third-order valence-electron chi connectivity index (χ3n) is 8.39. The summed E-state index contributed by atoms with van der Waals surface area (Å²) < 4.78 is 28.4. The molecule has 4 heterocycles. The number of para-hydroxylation sites is 2. The number of rotatable bonds is 6. The lowest BCUT2D eigenvalue weighted by Gasteiger charge is -2.21. The van der Waals surface area contributed by atoms with Crippen molar-refractivity contribution in [2.24, 2.45) is 0 Å². The Bertz CT molecular complexity index is 2050. The quantitative estimate of drug-likeness (QED) is 0.333. The lowest BCUT2D eigenvalue weighted by molar-refractivity contribution is -0.132. The lowest BCUT2D eigenvalue weighted by Crippen LogP contribution is -2.42. The largest absolute Gasteiger partial charge is 0.343 e. The monoisotopic (exact) mass is 623 g/mol. The van der Waals surface area contributed by atoms with Crippen molar-refractivity contribution in [1.82, 2.24) is 25.1 Å². The molecule has 1 unspecified atom stereocenters. The summed E-state index contributed by atoms with van der Waals surface area (Å²) in [6.45, 7) is -0.949. The summed E-state index contributed by atoms with van der Waals surface area (Å²) in [6.07, 6.45) is -0.0475. The number of nitrogens with zero attached hydrogens (tertiary/aromatic N) is 5. The number of H-pyrrole nitrogens is 1. The Balaban J connectivity index is 1.45. The van der Waals surface area contributed by atoms with Crippen molar-refractivity contribution < 1.29 is 23.2 Å². The summed E-state index contributed by atoms with van der Waals surface area (Å²) in [4.78, 5) is 63.8. The van der Waals surface area contributed by atoms with Crippen LogP contribution in [0.2, 0.25) is 0 Å². The molecule has 13 heteroatoms. The molecule has 2 saturated heterocycles. The number of likely N-dealkylation sites (tertiary alicyclic amines) is 2. The summed E-state index contributed by atoms with van der Waals surface area (Å²) in [7, 11) is 0. The maximum atomic E-state index is 14.2. The zero-order valence-electron chi connectivity index (χ0n) is 24.4. The first kappa shape index (κ1) is 30.3. The summed E-state index contributed by atoms with van der Waals surface area (Å²) in [5, 5.41) is 22.4. The third-order valence-corrected chi connectivity index (χ3v) is 8.39. The Kier molecular flexibility index (Phi) is 7.92. The second kappa shape index (κ2) is 12.0. The topological polar surface area (TPSA) is 163 Å². The van der Waals surface area contributed by atoms with Crippen molar-refractivity contribution in [1.29, 1.82) is 10.5 Å². The molecule has 0 aliphatic carbocycles. The Labute approximate surface area is 261 Å². The molecule has 0 radical (unpaired) electrons. The Hall–Kier alpha value is -5.69.